The van der Waals surface area contributed by atoms with Crippen molar-refractivity contribution < 1.29 is 10.2 Å². The number of aliphatic hydroxyl groups is 2. The lowest BCUT2D eigenvalue weighted by Gasteiger charge is -2.27. The topological polar surface area (TPSA) is 77.3 Å². The highest BCUT2D eigenvalue weighted by Gasteiger charge is 2.22. The summed E-state index contributed by atoms with van der Waals surface area (Å²) >= 11 is 6.50. The van der Waals surface area contributed by atoms with E-state index in [2.05, 4.69) is 15.0 Å². The molecule has 6 nitrogen and oxygen atoms in total. The van der Waals surface area contributed by atoms with Crippen molar-refractivity contribution in [3.8, 4) is 0 Å². The molecule has 0 amide bonds. The van der Waals surface area contributed by atoms with Crippen molar-refractivity contribution in [1.29, 1.82) is 0 Å². The van der Waals surface area contributed by atoms with Gasteiger partial charge in [-0.1, -0.05) is 29.8 Å². The fraction of sp³-hybridized carbons (Fsp3) is 0.353. The summed E-state index contributed by atoms with van der Waals surface area (Å²) in [5.74, 6) is 0. The SMILES string of the molecule is OC[C@@H](O)c1cc2n(n1)CCN(Cc1[nH]c3ccccc3c1Cl)C2. The number of aliphatic hydroxyl groups excluding tert-OH is 2. The molecule has 24 heavy (non-hydrogen) atoms. The summed E-state index contributed by atoms with van der Waals surface area (Å²) in [5, 5.41) is 25.0. The van der Waals surface area contributed by atoms with E-state index in [1.807, 2.05) is 35.0 Å². The number of para-hydroxylation sites is 1. The fourth-order valence-corrected chi connectivity index (χ4v) is 3.50. The van der Waals surface area contributed by atoms with E-state index >= 15 is 0 Å². The van der Waals surface area contributed by atoms with Crippen LogP contribution in [0, 0.1) is 0 Å². The molecule has 1 aliphatic rings. The van der Waals surface area contributed by atoms with Gasteiger partial charge in [0.1, 0.15) is 6.10 Å². The number of benzene rings is 1. The summed E-state index contributed by atoms with van der Waals surface area (Å²) in [5.41, 5.74) is 3.63. The molecule has 1 aromatic carbocycles. The third-order valence-electron chi connectivity index (χ3n) is 4.51. The molecular weight excluding hydrogens is 328 g/mol. The minimum atomic E-state index is -0.917. The molecule has 2 aromatic heterocycles. The first-order valence-corrected chi connectivity index (χ1v) is 8.36. The summed E-state index contributed by atoms with van der Waals surface area (Å²) in [6.07, 6.45) is -0.917. The number of hydrogen-bond acceptors (Lipinski definition) is 4. The number of halogens is 1. The van der Waals surface area contributed by atoms with Crippen molar-refractivity contribution >= 4 is 22.5 Å². The third kappa shape index (κ3) is 2.71. The van der Waals surface area contributed by atoms with E-state index in [4.69, 9.17) is 16.7 Å². The molecule has 0 saturated carbocycles. The predicted octanol–water partition coefficient (Wildman–Crippen LogP) is 2.06. The smallest absolute Gasteiger partial charge is 0.121 e. The summed E-state index contributed by atoms with van der Waals surface area (Å²) in [4.78, 5) is 5.69. The molecule has 0 unspecified atom stereocenters. The van der Waals surface area contributed by atoms with Crippen LogP contribution in [0.2, 0.25) is 5.02 Å². The maximum absolute atomic E-state index is 9.73. The van der Waals surface area contributed by atoms with Gasteiger partial charge in [0.15, 0.2) is 0 Å². The number of H-pyrrole nitrogens is 1. The number of hydrogen-bond donors (Lipinski definition) is 3. The van der Waals surface area contributed by atoms with Crippen molar-refractivity contribution in [2.75, 3.05) is 13.2 Å². The van der Waals surface area contributed by atoms with Crippen LogP contribution in [-0.2, 0) is 19.6 Å². The molecule has 0 saturated heterocycles. The average Bonchev–Trinajstić information content (AvgIpc) is 3.16. The van der Waals surface area contributed by atoms with Crippen LogP contribution in [0.25, 0.3) is 10.9 Å². The lowest BCUT2D eigenvalue weighted by atomic mass is 10.2. The number of nitrogens with zero attached hydrogens (tertiary/aromatic N) is 3. The second kappa shape index (κ2) is 6.22. The maximum Gasteiger partial charge on any atom is 0.121 e. The largest absolute Gasteiger partial charge is 0.393 e. The van der Waals surface area contributed by atoms with Crippen LogP contribution in [0.3, 0.4) is 0 Å². The number of aromatic amines is 1. The molecule has 0 radical (unpaired) electrons. The summed E-state index contributed by atoms with van der Waals surface area (Å²) < 4.78 is 1.90. The summed E-state index contributed by atoms with van der Waals surface area (Å²) in [6, 6.07) is 9.88. The Morgan fingerprint density at radius 1 is 1.29 bits per heavy atom. The van der Waals surface area contributed by atoms with Gasteiger partial charge in [0.2, 0.25) is 0 Å². The van der Waals surface area contributed by atoms with Gasteiger partial charge in [-0.25, -0.2) is 0 Å². The standard InChI is InChI=1S/C17H19ClN4O2/c18-17-12-3-1-2-4-13(12)19-15(17)9-21-5-6-22-11(8-21)7-14(20-22)16(24)10-23/h1-4,7,16,19,23-24H,5-6,8-10H2/t16-/m1/s1. The number of aromatic nitrogens is 3. The second-order valence-corrected chi connectivity index (χ2v) is 6.53. The highest BCUT2D eigenvalue weighted by Crippen LogP contribution is 2.29. The van der Waals surface area contributed by atoms with E-state index in [0.29, 0.717) is 5.69 Å². The molecule has 3 heterocycles. The van der Waals surface area contributed by atoms with Gasteiger partial charge in [-0.05, 0) is 12.1 Å². The Morgan fingerprint density at radius 2 is 2.12 bits per heavy atom. The fourth-order valence-electron chi connectivity index (χ4n) is 3.23. The van der Waals surface area contributed by atoms with Gasteiger partial charge >= 0.3 is 0 Å². The molecule has 0 aliphatic carbocycles. The second-order valence-electron chi connectivity index (χ2n) is 6.16. The van der Waals surface area contributed by atoms with Crippen LogP contribution in [-0.4, -0.2) is 43.0 Å². The molecule has 0 fully saturated rings. The van der Waals surface area contributed by atoms with E-state index < -0.39 is 6.10 Å². The van der Waals surface area contributed by atoms with Crippen molar-refractivity contribution in [1.82, 2.24) is 19.7 Å². The zero-order chi connectivity index (χ0) is 16.7. The van der Waals surface area contributed by atoms with Crippen molar-refractivity contribution in [3.05, 3.63) is 52.4 Å². The monoisotopic (exact) mass is 346 g/mol. The van der Waals surface area contributed by atoms with Gasteiger partial charge < -0.3 is 15.2 Å². The first-order valence-electron chi connectivity index (χ1n) is 7.98. The highest BCUT2D eigenvalue weighted by atomic mass is 35.5. The van der Waals surface area contributed by atoms with Crippen LogP contribution in [0.4, 0.5) is 0 Å². The van der Waals surface area contributed by atoms with Crippen LogP contribution < -0.4 is 0 Å². The van der Waals surface area contributed by atoms with Crippen molar-refractivity contribution in [3.63, 3.8) is 0 Å². The van der Waals surface area contributed by atoms with Crippen LogP contribution in [0.15, 0.2) is 30.3 Å². The summed E-state index contributed by atoms with van der Waals surface area (Å²) in [7, 11) is 0. The molecule has 126 valence electrons. The van der Waals surface area contributed by atoms with Crippen molar-refractivity contribution in [2.24, 2.45) is 0 Å². The minimum absolute atomic E-state index is 0.315. The third-order valence-corrected chi connectivity index (χ3v) is 4.94. The van der Waals surface area contributed by atoms with Gasteiger partial charge in [0, 0.05) is 36.2 Å². The normalized spacial score (nSPS) is 16.5. The first kappa shape index (κ1) is 15.7. The molecule has 1 aliphatic heterocycles. The Hall–Kier alpha value is -1.86. The van der Waals surface area contributed by atoms with Gasteiger partial charge in [0.05, 0.1) is 29.6 Å². The van der Waals surface area contributed by atoms with Gasteiger partial charge in [-0.3, -0.25) is 9.58 Å². The van der Waals surface area contributed by atoms with Crippen LogP contribution in [0.1, 0.15) is 23.2 Å². The van der Waals surface area contributed by atoms with Crippen LogP contribution in [0.5, 0.6) is 0 Å². The Bertz CT molecular complexity index is 873. The predicted molar refractivity (Wildman–Crippen MR) is 91.7 cm³/mol. The Balaban J connectivity index is 1.54. The van der Waals surface area contributed by atoms with E-state index in [9.17, 15) is 5.11 Å². The quantitative estimate of drug-likeness (QED) is 0.675. The van der Waals surface area contributed by atoms with Gasteiger partial charge in [-0.15, -0.1) is 0 Å². The molecule has 7 heteroatoms. The average molecular weight is 347 g/mol. The lowest BCUT2D eigenvalue weighted by molar-refractivity contribution is 0.0915. The van der Waals surface area contributed by atoms with Gasteiger partial charge in [-0.2, -0.15) is 5.10 Å². The van der Waals surface area contributed by atoms with Gasteiger partial charge in [0.25, 0.3) is 0 Å². The maximum atomic E-state index is 9.73. The Kier molecular flexibility index (Phi) is 4.05. The molecule has 0 bridgehead atoms. The molecule has 1 atom stereocenters. The first-order chi connectivity index (χ1) is 11.7. The van der Waals surface area contributed by atoms with E-state index in [0.717, 1.165) is 53.5 Å². The van der Waals surface area contributed by atoms with E-state index in [-0.39, 0.29) is 6.61 Å². The van der Waals surface area contributed by atoms with E-state index in [1.165, 1.54) is 0 Å². The van der Waals surface area contributed by atoms with Crippen LogP contribution >= 0.6 is 11.6 Å². The number of fused-ring (bicyclic) bond motifs is 2. The molecule has 3 aromatic rings. The Morgan fingerprint density at radius 3 is 2.92 bits per heavy atom. The summed E-state index contributed by atoms with van der Waals surface area (Å²) in [6.45, 7) is 2.76. The Labute approximate surface area is 144 Å². The number of nitrogens with one attached hydrogen (secondary N) is 1. The van der Waals surface area contributed by atoms with Crippen molar-refractivity contribution in [2.45, 2.75) is 25.7 Å². The lowest BCUT2D eigenvalue weighted by Crippen LogP contribution is -2.33. The van der Waals surface area contributed by atoms with E-state index in [1.54, 1.807) is 0 Å². The zero-order valence-corrected chi connectivity index (χ0v) is 13.9. The zero-order valence-electron chi connectivity index (χ0n) is 13.1. The molecular formula is C17H19ClN4O2. The molecule has 0 spiro atoms. The number of rotatable bonds is 4. The molecule has 4 rings (SSSR count). The highest BCUT2D eigenvalue weighted by molar-refractivity contribution is 6.36. The molecule has 3 N–H and O–H groups in total. The minimum Gasteiger partial charge on any atom is -0.393 e.